The Labute approximate surface area is 119 Å². The van der Waals surface area contributed by atoms with Crippen molar-refractivity contribution in [2.24, 2.45) is 5.73 Å². The van der Waals surface area contributed by atoms with Gasteiger partial charge in [-0.25, -0.2) is 0 Å². The first kappa shape index (κ1) is 14.6. The molecule has 0 radical (unpaired) electrons. The fourth-order valence-corrected chi connectivity index (χ4v) is 2.19. The second-order valence-corrected chi connectivity index (χ2v) is 5.22. The van der Waals surface area contributed by atoms with Gasteiger partial charge in [0.25, 0.3) is 5.91 Å². The molecule has 0 aromatic heterocycles. The lowest BCUT2D eigenvalue weighted by Gasteiger charge is -2.28. The van der Waals surface area contributed by atoms with Crippen LogP contribution in [0.2, 0.25) is 0 Å². The minimum absolute atomic E-state index is 0.0288. The van der Waals surface area contributed by atoms with Crippen molar-refractivity contribution in [2.75, 3.05) is 13.2 Å². The van der Waals surface area contributed by atoms with E-state index in [0.717, 1.165) is 12.0 Å². The summed E-state index contributed by atoms with van der Waals surface area (Å²) in [5.41, 5.74) is 6.51. The lowest BCUT2D eigenvalue weighted by atomic mass is 9.94. The van der Waals surface area contributed by atoms with E-state index in [-0.39, 0.29) is 17.6 Å². The van der Waals surface area contributed by atoms with Crippen LogP contribution in [0, 0.1) is 11.8 Å². The van der Waals surface area contributed by atoms with Crippen LogP contribution in [0.5, 0.6) is 0 Å². The summed E-state index contributed by atoms with van der Waals surface area (Å²) in [6.45, 7) is 5.02. The van der Waals surface area contributed by atoms with Crippen molar-refractivity contribution in [3.8, 4) is 11.8 Å². The molecule has 1 saturated heterocycles. The van der Waals surface area contributed by atoms with E-state index in [1.165, 1.54) is 0 Å². The zero-order valence-electron chi connectivity index (χ0n) is 11.9. The van der Waals surface area contributed by atoms with Crippen LogP contribution in [0.25, 0.3) is 0 Å². The van der Waals surface area contributed by atoms with E-state index >= 15 is 0 Å². The highest BCUT2D eigenvalue weighted by Gasteiger charge is 2.38. The molecule has 2 atom stereocenters. The predicted octanol–water partition coefficient (Wildman–Crippen LogP) is 1.29. The molecule has 1 aliphatic rings. The molecule has 0 bridgehead atoms. The van der Waals surface area contributed by atoms with Gasteiger partial charge in [-0.1, -0.05) is 11.8 Å². The summed E-state index contributed by atoms with van der Waals surface area (Å²) in [5.74, 6) is 5.64. The number of benzene rings is 1. The average Bonchev–Trinajstić information content (AvgIpc) is 2.76. The molecule has 1 aromatic carbocycles. The second-order valence-electron chi connectivity index (χ2n) is 5.22. The van der Waals surface area contributed by atoms with E-state index in [9.17, 15) is 4.79 Å². The summed E-state index contributed by atoms with van der Waals surface area (Å²) in [6, 6.07) is 7.21. The van der Waals surface area contributed by atoms with E-state index in [4.69, 9.17) is 10.5 Å². The normalized spacial score (nSPS) is 24.9. The van der Waals surface area contributed by atoms with Crippen molar-refractivity contribution in [1.82, 2.24) is 5.32 Å². The molecule has 106 valence electrons. The Balaban J connectivity index is 2.06. The van der Waals surface area contributed by atoms with Crippen molar-refractivity contribution in [1.29, 1.82) is 0 Å². The van der Waals surface area contributed by atoms with Crippen molar-refractivity contribution in [3.05, 3.63) is 35.4 Å². The van der Waals surface area contributed by atoms with Crippen LogP contribution < -0.4 is 11.1 Å². The Hall–Kier alpha value is -1.83. The van der Waals surface area contributed by atoms with Crippen molar-refractivity contribution < 1.29 is 9.53 Å². The minimum atomic E-state index is -0.297. The summed E-state index contributed by atoms with van der Waals surface area (Å²) in [5, 5.41) is 3.06. The zero-order chi connectivity index (χ0) is 14.6. The molecular weight excluding hydrogens is 252 g/mol. The van der Waals surface area contributed by atoms with Gasteiger partial charge in [-0.3, -0.25) is 4.79 Å². The van der Waals surface area contributed by atoms with E-state index in [1.54, 1.807) is 12.1 Å². The van der Waals surface area contributed by atoms with Crippen molar-refractivity contribution in [2.45, 2.75) is 31.9 Å². The van der Waals surface area contributed by atoms with E-state index < -0.39 is 0 Å². The number of ether oxygens (including phenoxy) is 1. The number of hydrogen-bond donors (Lipinski definition) is 2. The molecule has 1 amide bonds. The molecule has 4 nitrogen and oxygen atoms in total. The first-order valence-corrected chi connectivity index (χ1v) is 6.78. The van der Waals surface area contributed by atoms with E-state index in [0.29, 0.717) is 18.7 Å². The van der Waals surface area contributed by atoms with Gasteiger partial charge in [0.1, 0.15) is 0 Å². The van der Waals surface area contributed by atoms with Gasteiger partial charge in [0.15, 0.2) is 0 Å². The monoisotopic (exact) mass is 272 g/mol. The molecule has 0 saturated carbocycles. The van der Waals surface area contributed by atoms with E-state index in [2.05, 4.69) is 17.2 Å². The maximum atomic E-state index is 12.3. The highest BCUT2D eigenvalue weighted by atomic mass is 16.5. The quantitative estimate of drug-likeness (QED) is 0.797. The van der Waals surface area contributed by atoms with Crippen molar-refractivity contribution in [3.63, 3.8) is 0 Å². The maximum Gasteiger partial charge on any atom is 0.251 e. The number of carbonyl (C=O) groups excluding carboxylic acids is 1. The Morgan fingerprint density at radius 1 is 1.50 bits per heavy atom. The molecule has 1 fully saturated rings. The lowest BCUT2D eigenvalue weighted by molar-refractivity contribution is 0.0727. The summed E-state index contributed by atoms with van der Waals surface area (Å²) in [6.07, 6.45) is 0.862. The molecule has 20 heavy (non-hydrogen) atoms. The zero-order valence-corrected chi connectivity index (χ0v) is 11.9. The Morgan fingerprint density at radius 3 is 2.75 bits per heavy atom. The highest BCUT2D eigenvalue weighted by Crippen LogP contribution is 2.25. The molecule has 1 heterocycles. The number of nitrogens with one attached hydrogen (secondary N) is 1. The maximum absolute atomic E-state index is 12.3. The van der Waals surface area contributed by atoms with Gasteiger partial charge in [-0.2, -0.15) is 0 Å². The number of carbonyl (C=O) groups is 1. The van der Waals surface area contributed by atoms with Crippen LogP contribution in [-0.2, 0) is 4.74 Å². The highest BCUT2D eigenvalue weighted by molar-refractivity contribution is 5.94. The third-order valence-corrected chi connectivity index (χ3v) is 3.77. The molecular formula is C16H20N2O2. The van der Waals surface area contributed by atoms with Gasteiger partial charge in [0.2, 0.25) is 0 Å². The van der Waals surface area contributed by atoms with Crippen LogP contribution in [0.1, 0.15) is 36.2 Å². The number of hydrogen-bond acceptors (Lipinski definition) is 3. The Kier molecular flexibility index (Phi) is 4.43. The fourth-order valence-electron chi connectivity index (χ4n) is 2.19. The summed E-state index contributed by atoms with van der Waals surface area (Å²) >= 11 is 0. The van der Waals surface area contributed by atoms with Gasteiger partial charge >= 0.3 is 0 Å². The number of amides is 1. The molecule has 1 aliphatic heterocycles. The molecule has 0 spiro atoms. The summed E-state index contributed by atoms with van der Waals surface area (Å²) < 4.78 is 5.52. The Bertz CT molecular complexity index is 542. The smallest absolute Gasteiger partial charge is 0.251 e. The minimum Gasteiger partial charge on any atom is -0.376 e. The molecule has 2 unspecified atom stereocenters. The first-order valence-electron chi connectivity index (χ1n) is 6.78. The summed E-state index contributed by atoms with van der Waals surface area (Å²) in [4.78, 5) is 12.3. The van der Waals surface area contributed by atoms with Crippen molar-refractivity contribution >= 4 is 5.91 Å². The second kappa shape index (κ2) is 6.08. The largest absolute Gasteiger partial charge is 0.376 e. The predicted molar refractivity (Wildman–Crippen MR) is 78.3 cm³/mol. The van der Waals surface area contributed by atoms with Gasteiger partial charge in [-0.05, 0) is 44.5 Å². The molecule has 2 rings (SSSR count). The van der Waals surface area contributed by atoms with Crippen LogP contribution in [0.3, 0.4) is 0 Å². The standard InChI is InChI=1S/C16H20N2O2/c1-12-16(2,9-11-20-12)18-15(19)14-7-5-13(6-8-14)4-3-10-17/h5-8,12H,9-11,17H2,1-2H3,(H,18,19). The number of nitrogens with two attached hydrogens (primary N) is 1. The average molecular weight is 272 g/mol. The third-order valence-electron chi connectivity index (χ3n) is 3.77. The van der Waals surface area contributed by atoms with Crippen LogP contribution in [0.15, 0.2) is 24.3 Å². The first-order chi connectivity index (χ1) is 9.55. The van der Waals surface area contributed by atoms with Gasteiger partial charge in [-0.15, -0.1) is 0 Å². The number of rotatable bonds is 2. The molecule has 0 aliphatic carbocycles. The summed E-state index contributed by atoms with van der Waals surface area (Å²) in [7, 11) is 0. The molecule has 1 aromatic rings. The van der Waals surface area contributed by atoms with Gasteiger partial charge in [0.05, 0.1) is 18.2 Å². The van der Waals surface area contributed by atoms with Crippen LogP contribution in [-0.4, -0.2) is 30.7 Å². The topological polar surface area (TPSA) is 64.3 Å². The molecule has 4 heteroatoms. The Morgan fingerprint density at radius 2 is 2.20 bits per heavy atom. The van der Waals surface area contributed by atoms with E-state index in [1.807, 2.05) is 26.0 Å². The lowest BCUT2D eigenvalue weighted by Crippen LogP contribution is -2.50. The fraction of sp³-hybridized carbons (Fsp3) is 0.438. The molecule has 3 N–H and O–H groups in total. The SMILES string of the molecule is CC1OCCC1(C)NC(=O)c1ccc(C#CCN)cc1. The van der Waals surface area contributed by atoms with Gasteiger partial charge in [0, 0.05) is 17.7 Å². The van der Waals surface area contributed by atoms with Crippen LogP contribution in [0.4, 0.5) is 0 Å². The third kappa shape index (κ3) is 3.19. The van der Waals surface area contributed by atoms with Gasteiger partial charge < -0.3 is 15.8 Å². The van der Waals surface area contributed by atoms with Crippen LogP contribution >= 0.6 is 0 Å².